The predicted molar refractivity (Wildman–Crippen MR) is 75.2 cm³/mol. The third-order valence-electron chi connectivity index (χ3n) is 2.31. The highest BCUT2D eigenvalue weighted by atomic mass is 16.5. The van der Waals surface area contributed by atoms with E-state index in [9.17, 15) is 9.59 Å². The molecule has 0 spiro atoms. The van der Waals surface area contributed by atoms with E-state index in [0.717, 1.165) is 0 Å². The molecule has 1 aromatic rings. The molecular weight excluding hydrogens is 258 g/mol. The Morgan fingerprint density at radius 1 is 1.35 bits per heavy atom. The van der Waals surface area contributed by atoms with Crippen LogP contribution in [-0.4, -0.2) is 25.6 Å². The summed E-state index contributed by atoms with van der Waals surface area (Å²) < 4.78 is 9.67. The Bertz CT molecular complexity index is 540. The van der Waals surface area contributed by atoms with Gasteiger partial charge in [0, 0.05) is 11.3 Å². The highest BCUT2D eigenvalue weighted by Gasteiger charge is 2.12. The van der Waals surface area contributed by atoms with Crippen molar-refractivity contribution >= 4 is 17.6 Å². The summed E-state index contributed by atoms with van der Waals surface area (Å²) >= 11 is 0. The largest absolute Gasteiger partial charge is 0.481 e. The Kier molecular flexibility index (Phi) is 5.85. The number of amides is 1. The standard InChI is InChI=1S/C15H15NO4/c1-4-9-20-13-7-5-12(6-8-13)16-14(17)10-11(2)15(18)19-3/h1,5-8H,2,9-10H2,3H3,(H,16,17). The summed E-state index contributed by atoms with van der Waals surface area (Å²) in [5.74, 6) is 2.02. The molecule has 5 nitrogen and oxygen atoms in total. The molecule has 0 bridgehead atoms. The van der Waals surface area contributed by atoms with E-state index in [0.29, 0.717) is 11.4 Å². The number of methoxy groups -OCH3 is 1. The molecule has 0 aromatic heterocycles. The molecule has 0 heterocycles. The zero-order valence-electron chi connectivity index (χ0n) is 11.1. The van der Waals surface area contributed by atoms with Crippen molar-refractivity contribution in [2.75, 3.05) is 19.0 Å². The van der Waals surface area contributed by atoms with Gasteiger partial charge in [0.05, 0.1) is 13.5 Å². The Hall–Kier alpha value is -2.74. The van der Waals surface area contributed by atoms with E-state index in [-0.39, 0.29) is 24.5 Å². The van der Waals surface area contributed by atoms with Gasteiger partial charge in [-0.1, -0.05) is 12.5 Å². The molecule has 0 unspecified atom stereocenters. The summed E-state index contributed by atoms with van der Waals surface area (Å²) in [7, 11) is 1.24. The van der Waals surface area contributed by atoms with E-state index < -0.39 is 5.97 Å². The molecule has 0 radical (unpaired) electrons. The van der Waals surface area contributed by atoms with Crippen molar-refractivity contribution in [1.82, 2.24) is 0 Å². The van der Waals surface area contributed by atoms with Gasteiger partial charge in [-0.2, -0.15) is 0 Å². The monoisotopic (exact) mass is 273 g/mol. The first-order valence-corrected chi connectivity index (χ1v) is 5.79. The molecule has 0 saturated heterocycles. The van der Waals surface area contributed by atoms with E-state index in [1.54, 1.807) is 24.3 Å². The molecule has 0 atom stereocenters. The topological polar surface area (TPSA) is 64.6 Å². The fraction of sp³-hybridized carbons (Fsp3) is 0.200. The summed E-state index contributed by atoms with van der Waals surface area (Å²) in [4.78, 5) is 22.8. The van der Waals surface area contributed by atoms with Crippen LogP contribution in [0.5, 0.6) is 5.75 Å². The molecule has 0 aliphatic rings. The number of hydrogen-bond donors (Lipinski definition) is 1. The highest BCUT2D eigenvalue weighted by Crippen LogP contribution is 2.16. The van der Waals surface area contributed by atoms with Gasteiger partial charge in [0.2, 0.25) is 5.91 Å². The minimum absolute atomic E-state index is 0.0963. The number of rotatable bonds is 6. The molecule has 0 aliphatic heterocycles. The fourth-order valence-electron chi connectivity index (χ4n) is 1.37. The first-order valence-electron chi connectivity index (χ1n) is 5.79. The van der Waals surface area contributed by atoms with Crippen molar-refractivity contribution < 1.29 is 19.1 Å². The van der Waals surface area contributed by atoms with Crippen LogP contribution in [0.15, 0.2) is 36.4 Å². The second-order valence-corrected chi connectivity index (χ2v) is 3.84. The van der Waals surface area contributed by atoms with Gasteiger partial charge in [0.25, 0.3) is 0 Å². The lowest BCUT2D eigenvalue weighted by molar-refractivity contribution is -0.137. The van der Waals surface area contributed by atoms with Gasteiger partial charge in [0.15, 0.2) is 0 Å². The average Bonchev–Trinajstić information content (AvgIpc) is 2.45. The molecule has 0 fully saturated rings. The Morgan fingerprint density at radius 3 is 2.55 bits per heavy atom. The third kappa shape index (κ3) is 4.86. The lowest BCUT2D eigenvalue weighted by atomic mass is 10.2. The van der Waals surface area contributed by atoms with Gasteiger partial charge in [-0.25, -0.2) is 4.79 Å². The number of benzene rings is 1. The molecular formula is C15H15NO4. The molecule has 0 saturated carbocycles. The summed E-state index contributed by atoms with van der Waals surface area (Å²) in [5.41, 5.74) is 0.680. The van der Waals surface area contributed by atoms with Crippen LogP contribution < -0.4 is 10.1 Å². The SMILES string of the molecule is C#CCOc1ccc(NC(=O)CC(=C)C(=O)OC)cc1. The number of ether oxygens (including phenoxy) is 2. The summed E-state index contributed by atoms with van der Waals surface area (Å²) in [6.45, 7) is 3.67. The van der Waals surface area contributed by atoms with E-state index in [1.165, 1.54) is 7.11 Å². The maximum atomic E-state index is 11.7. The van der Waals surface area contributed by atoms with E-state index >= 15 is 0 Å². The average molecular weight is 273 g/mol. The normalized spacial score (nSPS) is 9.20. The molecule has 104 valence electrons. The van der Waals surface area contributed by atoms with Crippen LogP contribution in [0.25, 0.3) is 0 Å². The lowest BCUT2D eigenvalue weighted by Crippen LogP contribution is -2.15. The number of carbonyl (C=O) groups is 2. The van der Waals surface area contributed by atoms with E-state index in [4.69, 9.17) is 11.2 Å². The van der Waals surface area contributed by atoms with Crippen molar-refractivity contribution in [3.63, 3.8) is 0 Å². The summed E-state index contributed by atoms with van der Waals surface area (Å²) in [6.07, 6.45) is 4.95. The van der Waals surface area contributed by atoms with Crippen LogP contribution >= 0.6 is 0 Å². The number of anilines is 1. The maximum absolute atomic E-state index is 11.7. The van der Waals surface area contributed by atoms with Crippen LogP contribution in [0, 0.1) is 12.3 Å². The van der Waals surface area contributed by atoms with E-state index in [1.807, 2.05) is 0 Å². The molecule has 1 aromatic carbocycles. The zero-order chi connectivity index (χ0) is 15.0. The van der Waals surface area contributed by atoms with Crippen molar-refractivity contribution in [2.45, 2.75) is 6.42 Å². The van der Waals surface area contributed by atoms with Crippen LogP contribution in [-0.2, 0) is 14.3 Å². The number of nitrogens with one attached hydrogen (secondary N) is 1. The quantitative estimate of drug-likeness (QED) is 0.487. The number of carbonyl (C=O) groups excluding carboxylic acids is 2. The molecule has 1 rings (SSSR count). The second kappa shape index (κ2) is 7.64. The van der Waals surface area contributed by atoms with Gasteiger partial charge < -0.3 is 14.8 Å². The Morgan fingerprint density at radius 2 is 2.00 bits per heavy atom. The van der Waals surface area contributed by atoms with Gasteiger partial charge in [0.1, 0.15) is 12.4 Å². The molecule has 1 N–H and O–H groups in total. The minimum Gasteiger partial charge on any atom is -0.481 e. The fourth-order valence-corrected chi connectivity index (χ4v) is 1.37. The van der Waals surface area contributed by atoms with Gasteiger partial charge in [-0.15, -0.1) is 6.42 Å². The molecule has 20 heavy (non-hydrogen) atoms. The minimum atomic E-state index is -0.599. The number of hydrogen-bond acceptors (Lipinski definition) is 4. The van der Waals surface area contributed by atoms with Crippen LogP contribution in [0.2, 0.25) is 0 Å². The summed E-state index contributed by atoms with van der Waals surface area (Å²) in [5, 5.41) is 2.63. The smallest absolute Gasteiger partial charge is 0.333 e. The molecule has 5 heteroatoms. The van der Waals surface area contributed by atoms with Crippen molar-refractivity contribution in [3.05, 3.63) is 36.4 Å². The third-order valence-corrected chi connectivity index (χ3v) is 2.31. The number of esters is 1. The second-order valence-electron chi connectivity index (χ2n) is 3.84. The van der Waals surface area contributed by atoms with Crippen molar-refractivity contribution in [1.29, 1.82) is 0 Å². The van der Waals surface area contributed by atoms with Crippen molar-refractivity contribution in [2.24, 2.45) is 0 Å². The maximum Gasteiger partial charge on any atom is 0.333 e. The van der Waals surface area contributed by atoms with Gasteiger partial charge in [-0.3, -0.25) is 4.79 Å². The van der Waals surface area contributed by atoms with Crippen LogP contribution in [0.4, 0.5) is 5.69 Å². The molecule has 0 aliphatic carbocycles. The zero-order valence-corrected chi connectivity index (χ0v) is 11.1. The molecule has 1 amide bonds. The highest BCUT2D eigenvalue weighted by molar-refractivity contribution is 5.99. The van der Waals surface area contributed by atoms with Gasteiger partial charge in [-0.05, 0) is 24.3 Å². The Balaban J connectivity index is 2.52. The van der Waals surface area contributed by atoms with E-state index in [2.05, 4.69) is 22.6 Å². The predicted octanol–water partition coefficient (Wildman–Crippen LogP) is 1.76. The Labute approximate surface area is 117 Å². The van der Waals surface area contributed by atoms with Crippen molar-refractivity contribution in [3.8, 4) is 18.1 Å². The summed E-state index contributed by atoms with van der Waals surface area (Å²) in [6, 6.07) is 6.71. The lowest BCUT2D eigenvalue weighted by Gasteiger charge is -2.07. The number of terminal acetylenes is 1. The first-order chi connectivity index (χ1) is 9.56. The van der Waals surface area contributed by atoms with Crippen LogP contribution in [0.3, 0.4) is 0 Å². The van der Waals surface area contributed by atoms with Gasteiger partial charge >= 0.3 is 5.97 Å². The van der Waals surface area contributed by atoms with Crippen LogP contribution in [0.1, 0.15) is 6.42 Å². The first kappa shape index (κ1) is 15.3.